The maximum Gasteiger partial charge on any atom is 0.254 e. The van der Waals surface area contributed by atoms with Gasteiger partial charge in [0.25, 0.3) is 5.91 Å². The number of carbonyl (C=O) groups is 1. The summed E-state index contributed by atoms with van der Waals surface area (Å²) in [6, 6.07) is 1.95. The third-order valence-corrected chi connectivity index (χ3v) is 7.40. The van der Waals surface area contributed by atoms with Crippen LogP contribution >= 0.6 is 27.3 Å². The molecule has 0 radical (unpaired) electrons. The summed E-state index contributed by atoms with van der Waals surface area (Å²) >= 11 is 5.04. The molecule has 5 rings (SSSR count). The fourth-order valence-electron chi connectivity index (χ4n) is 5.70. The molecule has 4 saturated carbocycles. The fourth-order valence-corrected chi connectivity index (χ4v) is 6.83. The Balaban J connectivity index is 1.49. The molecule has 1 amide bonds. The number of hydrogen-bond acceptors (Lipinski definition) is 2. The van der Waals surface area contributed by atoms with E-state index >= 15 is 0 Å². The largest absolute Gasteiger partial charge is 0.341 e. The molecular weight excluding hydrogens is 346 g/mol. The highest BCUT2D eigenvalue weighted by molar-refractivity contribution is 9.11. The van der Waals surface area contributed by atoms with Crippen molar-refractivity contribution >= 4 is 33.2 Å². The minimum absolute atomic E-state index is 0.188. The first-order chi connectivity index (χ1) is 10.0. The molecular formula is C17H22BrNOS. The quantitative estimate of drug-likeness (QED) is 0.751. The number of nitrogens with zero attached hydrogens (tertiary/aromatic N) is 1. The molecule has 0 aliphatic heterocycles. The van der Waals surface area contributed by atoms with Crippen LogP contribution in [0.2, 0.25) is 0 Å². The Hall–Kier alpha value is -0.350. The summed E-state index contributed by atoms with van der Waals surface area (Å²) in [6.07, 6.45) is 8.50. The fraction of sp³-hybridized carbons (Fsp3) is 0.706. The van der Waals surface area contributed by atoms with Gasteiger partial charge in [0.15, 0.2) is 0 Å². The normalized spacial score (nSPS) is 37.0. The lowest BCUT2D eigenvalue weighted by molar-refractivity contribution is -0.0629. The lowest BCUT2D eigenvalue weighted by Crippen LogP contribution is -2.51. The molecule has 0 saturated heterocycles. The average molecular weight is 368 g/mol. The first-order valence-corrected chi connectivity index (χ1v) is 9.70. The molecule has 4 fully saturated rings. The van der Waals surface area contributed by atoms with Gasteiger partial charge in [-0.3, -0.25) is 4.79 Å². The molecule has 21 heavy (non-hydrogen) atoms. The van der Waals surface area contributed by atoms with E-state index in [1.165, 1.54) is 38.5 Å². The molecule has 0 unspecified atom stereocenters. The van der Waals surface area contributed by atoms with Crippen molar-refractivity contribution in [2.24, 2.45) is 23.2 Å². The Morgan fingerprint density at radius 3 is 2.33 bits per heavy atom. The van der Waals surface area contributed by atoms with Crippen LogP contribution < -0.4 is 0 Å². The smallest absolute Gasteiger partial charge is 0.254 e. The number of rotatable bonds is 3. The van der Waals surface area contributed by atoms with Gasteiger partial charge >= 0.3 is 0 Å². The highest BCUT2D eigenvalue weighted by Crippen LogP contribution is 2.60. The standard InChI is InChI=1S/C17H22BrNOS/c1-19(16(20)14-5-15(18)21-9-14)10-17-6-11-2-12(7-17)4-13(3-11)8-17/h5,9,11-13H,2-4,6-8,10H2,1H3. The van der Waals surface area contributed by atoms with Crippen LogP contribution in [0.15, 0.2) is 15.2 Å². The Kier molecular flexibility index (Phi) is 3.45. The van der Waals surface area contributed by atoms with Crippen LogP contribution in [-0.2, 0) is 0 Å². The van der Waals surface area contributed by atoms with Crippen LogP contribution in [0.5, 0.6) is 0 Å². The Morgan fingerprint density at radius 1 is 1.29 bits per heavy atom. The monoisotopic (exact) mass is 367 g/mol. The van der Waals surface area contributed by atoms with Crippen LogP contribution in [0.25, 0.3) is 0 Å². The number of amides is 1. The molecule has 2 nitrogen and oxygen atoms in total. The van der Waals surface area contributed by atoms with E-state index in [0.29, 0.717) is 5.41 Å². The summed E-state index contributed by atoms with van der Waals surface area (Å²) < 4.78 is 1.04. The van der Waals surface area contributed by atoms with E-state index in [0.717, 1.165) is 33.6 Å². The zero-order valence-electron chi connectivity index (χ0n) is 12.5. The van der Waals surface area contributed by atoms with Crippen molar-refractivity contribution in [1.82, 2.24) is 4.90 Å². The van der Waals surface area contributed by atoms with E-state index in [-0.39, 0.29) is 5.91 Å². The molecule has 4 bridgehead atoms. The average Bonchev–Trinajstić information content (AvgIpc) is 2.82. The van der Waals surface area contributed by atoms with Crippen molar-refractivity contribution in [3.8, 4) is 0 Å². The van der Waals surface area contributed by atoms with Gasteiger partial charge < -0.3 is 4.90 Å². The van der Waals surface area contributed by atoms with Crippen molar-refractivity contribution in [3.63, 3.8) is 0 Å². The van der Waals surface area contributed by atoms with Crippen molar-refractivity contribution in [3.05, 3.63) is 20.8 Å². The molecule has 0 spiro atoms. The number of carbonyl (C=O) groups excluding carboxylic acids is 1. The summed E-state index contributed by atoms with van der Waals surface area (Å²) in [4.78, 5) is 14.6. The predicted molar refractivity (Wildman–Crippen MR) is 89.6 cm³/mol. The van der Waals surface area contributed by atoms with E-state index in [1.807, 2.05) is 23.4 Å². The Labute approximate surface area is 139 Å². The predicted octanol–water partition coefficient (Wildman–Crippen LogP) is 4.80. The van der Waals surface area contributed by atoms with E-state index in [1.54, 1.807) is 11.3 Å². The lowest BCUT2D eigenvalue weighted by Gasteiger charge is -2.57. The summed E-state index contributed by atoms with van der Waals surface area (Å²) in [7, 11) is 1.99. The van der Waals surface area contributed by atoms with Gasteiger partial charge in [0.1, 0.15) is 0 Å². The SMILES string of the molecule is CN(CC12CC3CC(CC(C3)C1)C2)C(=O)c1csc(Br)c1. The molecule has 1 heterocycles. The topological polar surface area (TPSA) is 20.3 Å². The van der Waals surface area contributed by atoms with Crippen LogP contribution in [0.3, 0.4) is 0 Å². The van der Waals surface area contributed by atoms with Crippen molar-refractivity contribution in [2.75, 3.05) is 13.6 Å². The minimum atomic E-state index is 0.188. The molecule has 1 aromatic rings. The Bertz CT molecular complexity index is 532. The molecule has 0 atom stereocenters. The third kappa shape index (κ3) is 2.59. The van der Waals surface area contributed by atoms with Gasteiger partial charge in [-0.15, -0.1) is 11.3 Å². The van der Waals surface area contributed by atoms with Gasteiger partial charge in [0.05, 0.1) is 9.35 Å². The first kappa shape index (κ1) is 14.3. The second kappa shape index (κ2) is 5.09. The third-order valence-electron chi connectivity index (χ3n) is 5.90. The zero-order chi connectivity index (χ0) is 14.6. The molecule has 0 N–H and O–H groups in total. The maximum absolute atomic E-state index is 12.6. The van der Waals surface area contributed by atoms with Gasteiger partial charge in [-0.05, 0) is 83.7 Å². The highest BCUT2D eigenvalue weighted by atomic mass is 79.9. The number of hydrogen-bond donors (Lipinski definition) is 0. The number of halogens is 1. The molecule has 1 aromatic heterocycles. The van der Waals surface area contributed by atoms with E-state index in [4.69, 9.17) is 0 Å². The van der Waals surface area contributed by atoms with Gasteiger partial charge in [-0.25, -0.2) is 0 Å². The summed E-state index contributed by atoms with van der Waals surface area (Å²) in [5, 5.41) is 1.96. The molecule has 0 aromatic carbocycles. The van der Waals surface area contributed by atoms with Crippen LogP contribution in [-0.4, -0.2) is 24.4 Å². The van der Waals surface area contributed by atoms with Crippen LogP contribution in [0, 0.1) is 23.2 Å². The molecule has 4 heteroatoms. The van der Waals surface area contributed by atoms with E-state index < -0.39 is 0 Å². The van der Waals surface area contributed by atoms with Crippen LogP contribution in [0.1, 0.15) is 48.9 Å². The number of thiophene rings is 1. The van der Waals surface area contributed by atoms with Crippen LogP contribution in [0.4, 0.5) is 0 Å². The summed E-state index contributed by atoms with van der Waals surface area (Å²) in [5.74, 6) is 3.05. The minimum Gasteiger partial charge on any atom is -0.341 e. The highest BCUT2D eigenvalue weighted by Gasteiger charge is 2.51. The molecule has 4 aliphatic rings. The maximum atomic E-state index is 12.6. The molecule has 4 aliphatic carbocycles. The van der Waals surface area contributed by atoms with Crippen molar-refractivity contribution < 1.29 is 4.79 Å². The van der Waals surface area contributed by atoms with Gasteiger partial charge in [-0.1, -0.05) is 0 Å². The van der Waals surface area contributed by atoms with E-state index in [9.17, 15) is 4.79 Å². The van der Waals surface area contributed by atoms with Gasteiger partial charge in [0.2, 0.25) is 0 Å². The van der Waals surface area contributed by atoms with Gasteiger partial charge in [-0.2, -0.15) is 0 Å². The van der Waals surface area contributed by atoms with Gasteiger partial charge in [0, 0.05) is 19.0 Å². The lowest BCUT2D eigenvalue weighted by atomic mass is 9.49. The zero-order valence-corrected chi connectivity index (χ0v) is 14.9. The Morgan fingerprint density at radius 2 is 1.86 bits per heavy atom. The summed E-state index contributed by atoms with van der Waals surface area (Å²) in [5.41, 5.74) is 1.27. The van der Waals surface area contributed by atoms with E-state index in [2.05, 4.69) is 15.9 Å². The van der Waals surface area contributed by atoms with Crippen molar-refractivity contribution in [1.29, 1.82) is 0 Å². The first-order valence-electron chi connectivity index (χ1n) is 8.02. The second-order valence-electron chi connectivity index (χ2n) is 7.72. The summed E-state index contributed by atoms with van der Waals surface area (Å²) in [6.45, 7) is 0.961. The second-order valence-corrected chi connectivity index (χ2v) is 10.0. The molecule has 114 valence electrons. The van der Waals surface area contributed by atoms with Crippen molar-refractivity contribution in [2.45, 2.75) is 38.5 Å².